The normalized spacial score (nSPS) is 14.9. The average molecular weight is 154 g/mol. The van der Waals surface area contributed by atoms with Gasteiger partial charge in [0.05, 0.1) is 0 Å². The zero-order valence-electron chi connectivity index (χ0n) is 5.13. The third kappa shape index (κ3) is 0.628. The first-order valence-electron chi connectivity index (χ1n) is 2.77. The maximum atomic E-state index is 10.7. The van der Waals surface area contributed by atoms with Gasteiger partial charge in [-0.3, -0.25) is 9.97 Å². The van der Waals surface area contributed by atoms with Crippen molar-refractivity contribution < 1.29 is 14.3 Å². The van der Waals surface area contributed by atoms with Crippen LogP contribution in [0.3, 0.4) is 0 Å². The molecule has 0 radical (unpaired) electrons. The van der Waals surface area contributed by atoms with Crippen molar-refractivity contribution >= 4 is 11.9 Å². The first kappa shape index (κ1) is 5.90. The number of hydrogen-bond acceptors (Lipinski definition) is 4. The van der Waals surface area contributed by atoms with E-state index in [0.717, 1.165) is 0 Å². The van der Waals surface area contributed by atoms with Crippen molar-refractivity contribution in [2.24, 2.45) is 0 Å². The molecule has 0 unspecified atom stereocenters. The second kappa shape index (κ2) is 1.60. The molecular formula is C5H2N2O4. The topological polar surface area (TPSA) is 92.0 Å². The summed E-state index contributed by atoms with van der Waals surface area (Å²) < 4.78 is 4.15. The van der Waals surface area contributed by atoms with Crippen LogP contribution in [-0.2, 0) is 4.74 Å². The summed E-state index contributed by atoms with van der Waals surface area (Å²) in [6.07, 6.45) is 0. The van der Waals surface area contributed by atoms with Gasteiger partial charge in [-0.05, 0) is 0 Å². The molecule has 56 valence electrons. The fraction of sp³-hybridized carbons (Fsp3) is 0. The van der Waals surface area contributed by atoms with Crippen LogP contribution in [0.5, 0.6) is 0 Å². The Balaban J connectivity index is 2.77. The lowest BCUT2D eigenvalue weighted by Gasteiger charge is -1.83. The lowest BCUT2D eigenvalue weighted by molar-refractivity contribution is 0.0437. The molecule has 0 saturated heterocycles. The van der Waals surface area contributed by atoms with Gasteiger partial charge in [0.25, 0.3) is 0 Å². The number of cyclic esters (lactones) is 2. The highest BCUT2D eigenvalue weighted by molar-refractivity contribution is 6.12. The standard InChI is InChI=1S/C5H2N2O4/c8-3-1-2(4(9)11-3)7-5(10)6-1/h(H2,6,7,10). The summed E-state index contributed by atoms with van der Waals surface area (Å²) in [5, 5.41) is 0. The van der Waals surface area contributed by atoms with Crippen LogP contribution in [0.4, 0.5) is 0 Å². The number of aromatic nitrogens is 2. The van der Waals surface area contributed by atoms with Crippen LogP contribution in [0.1, 0.15) is 21.0 Å². The van der Waals surface area contributed by atoms with E-state index in [2.05, 4.69) is 14.7 Å². The van der Waals surface area contributed by atoms with E-state index < -0.39 is 17.6 Å². The van der Waals surface area contributed by atoms with Crippen molar-refractivity contribution in [3.05, 3.63) is 21.9 Å². The molecule has 1 aromatic heterocycles. The maximum absolute atomic E-state index is 10.7. The van der Waals surface area contributed by atoms with Gasteiger partial charge in [-0.25, -0.2) is 14.4 Å². The second-order valence-corrected chi connectivity index (χ2v) is 2.01. The monoisotopic (exact) mass is 154 g/mol. The van der Waals surface area contributed by atoms with Crippen LogP contribution in [-0.4, -0.2) is 21.9 Å². The zero-order valence-corrected chi connectivity index (χ0v) is 5.13. The molecule has 2 heterocycles. The molecule has 1 aliphatic rings. The van der Waals surface area contributed by atoms with Gasteiger partial charge in [-0.1, -0.05) is 0 Å². The maximum Gasteiger partial charge on any atom is 0.365 e. The molecule has 1 aromatic rings. The number of aromatic amines is 2. The number of hydrogen-bond donors (Lipinski definition) is 2. The number of nitrogens with one attached hydrogen (secondary N) is 2. The molecule has 0 spiro atoms. The summed E-state index contributed by atoms with van der Waals surface area (Å²) in [4.78, 5) is 36.1. The average Bonchev–Trinajstić information content (AvgIpc) is 2.38. The van der Waals surface area contributed by atoms with Crippen LogP contribution in [0.2, 0.25) is 0 Å². The highest BCUT2D eigenvalue weighted by atomic mass is 16.6. The molecular weight excluding hydrogens is 152 g/mol. The Morgan fingerprint density at radius 2 is 1.36 bits per heavy atom. The number of ether oxygens (including phenoxy) is 1. The molecule has 0 fully saturated rings. The molecule has 0 amide bonds. The minimum Gasteiger partial charge on any atom is -0.383 e. The van der Waals surface area contributed by atoms with Gasteiger partial charge in [-0.15, -0.1) is 0 Å². The predicted molar refractivity (Wildman–Crippen MR) is 31.2 cm³/mol. The van der Waals surface area contributed by atoms with Crippen LogP contribution in [0.25, 0.3) is 0 Å². The number of fused-ring (bicyclic) bond motifs is 1. The van der Waals surface area contributed by atoms with Crippen molar-refractivity contribution in [2.45, 2.75) is 0 Å². The zero-order chi connectivity index (χ0) is 8.01. The van der Waals surface area contributed by atoms with Crippen molar-refractivity contribution in [3.8, 4) is 0 Å². The molecule has 11 heavy (non-hydrogen) atoms. The smallest absolute Gasteiger partial charge is 0.365 e. The lowest BCUT2D eigenvalue weighted by atomic mass is 10.4. The summed E-state index contributed by atoms with van der Waals surface area (Å²) >= 11 is 0. The predicted octanol–water partition coefficient (Wildman–Crippen LogP) is -0.986. The molecule has 6 heteroatoms. The number of carbonyl (C=O) groups excluding carboxylic acids is 2. The molecule has 0 aromatic carbocycles. The van der Waals surface area contributed by atoms with Crippen molar-refractivity contribution in [3.63, 3.8) is 0 Å². The van der Waals surface area contributed by atoms with E-state index in [1.165, 1.54) is 0 Å². The van der Waals surface area contributed by atoms with Gasteiger partial charge in [0.1, 0.15) is 0 Å². The Labute approximate surface area is 59.2 Å². The van der Waals surface area contributed by atoms with Gasteiger partial charge in [0, 0.05) is 0 Å². The van der Waals surface area contributed by atoms with E-state index in [-0.39, 0.29) is 11.4 Å². The third-order valence-electron chi connectivity index (χ3n) is 1.32. The number of carbonyl (C=O) groups is 2. The molecule has 1 aliphatic heterocycles. The van der Waals surface area contributed by atoms with E-state index in [1.54, 1.807) is 0 Å². The first-order chi connectivity index (χ1) is 5.18. The minimum absolute atomic E-state index is 0.0972. The second-order valence-electron chi connectivity index (χ2n) is 2.01. The third-order valence-corrected chi connectivity index (χ3v) is 1.32. The van der Waals surface area contributed by atoms with Crippen molar-refractivity contribution in [1.82, 2.24) is 9.97 Å². The Bertz CT molecular complexity index is 364. The highest BCUT2D eigenvalue weighted by Crippen LogP contribution is 2.12. The molecule has 6 nitrogen and oxygen atoms in total. The van der Waals surface area contributed by atoms with Crippen LogP contribution in [0, 0.1) is 0 Å². The largest absolute Gasteiger partial charge is 0.383 e. The van der Waals surface area contributed by atoms with Gasteiger partial charge in [0.15, 0.2) is 11.4 Å². The fourth-order valence-corrected chi connectivity index (χ4v) is 0.876. The Morgan fingerprint density at radius 1 is 0.909 bits per heavy atom. The van der Waals surface area contributed by atoms with Crippen LogP contribution >= 0.6 is 0 Å². The van der Waals surface area contributed by atoms with E-state index >= 15 is 0 Å². The van der Waals surface area contributed by atoms with E-state index in [4.69, 9.17) is 0 Å². The highest BCUT2D eigenvalue weighted by Gasteiger charge is 2.32. The van der Waals surface area contributed by atoms with Crippen LogP contribution < -0.4 is 5.69 Å². The molecule has 2 N–H and O–H groups in total. The van der Waals surface area contributed by atoms with E-state index in [0.29, 0.717) is 0 Å². The molecule has 0 bridgehead atoms. The van der Waals surface area contributed by atoms with Crippen molar-refractivity contribution in [1.29, 1.82) is 0 Å². The summed E-state index contributed by atoms with van der Waals surface area (Å²) in [6.45, 7) is 0. The van der Waals surface area contributed by atoms with Gasteiger partial charge < -0.3 is 4.74 Å². The summed E-state index contributed by atoms with van der Waals surface area (Å²) in [5.74, 6) is -1.63. The fourth-order valence-electron chi connectivity index (χ4n) is 0.876. The molecule has 0 aliphatic carbocycles. The molecule has 2 rings (SSSR count). The van der Waals surface area contributed by atoms with E-state index in [1.807, 2.05) is 0 Å². The van der Waals surface area contributed by atoms with Crippen molar-refractivity contribution in [2.75, 3.05) is 0 Å². The van der Waals surface area contributed by atoms with Gasteiger partial charge in [0.2, 0.25) is 0 Å². The minimum atomic E-state index is -0.816. The quantitative estimate of drug-likeness (QED) is 0.370. The number of esters is 2. The Kier molecular flexibility index (Phi) is 0.857. The number of H-pyrrole nitrogens is 2. The summed E-state index contributed by atoms with van der Waals surface area (Å²) in [7, 11) is 0. The Hall–Kier alpha value is -1.85. The number of imidazole rings is 1. The molecule has 0 atom stereocenters. The van der Waals surface area contributed by atoms with Gasteiger partial charge >= 0.3 is 17.6 Å². The first-order valence-corrected chi connectivity index (χ1v) is 2.77. The SMILES string of the molecule is O=C1OC(=O)c2[nH]c(=O)[nH]c21. The summed E-state index contributed by atoms with van der Waals surface area (Å²) in [5.41, 5.74) is -0.778. The van der Waals surface area contributed by atoms with Gasteiger partial charge in [-0.2, -0.15) is 0 Å². The van der Waals surface area contributed by atoms with Crippen LogP contribution in [0.15, 0.2) is 4.79 Å². The molecule has 0 saturated carbocycles. The lowest BCUT2D eigenvalue weighted by Crippen LogP contribution is -2.09. The summed E-state index contributed by atoms with van der Waals surface area (Å²) in [6, 6.07) is 0. The Morgan fingerprint density at radius 3 is 1.82 bits per heavy atom. The van der Waals surface area contributed by atoms with E-state index in [9.17, 15) is 14.4 Å². The number of rotatable bonds is 0.